The van der Waals surface area contributed by atoms with Crippen molar-refractivity contribution in [1.82, 2.24) is 5.32 Å². The highest BCUT2D eigenvalue weighted by molar-refractivity contribution is 6.42. The molecule has 24 heavy (non-hydrogen) atoms. The number of carbonyl (C=O) groups excluding carboxylic acids is 2. The fourth-order valence-corrected chi connectivity index (χ4v) is 2.31. The van der Waals surface area contributed by atoms with E-state index in [0.29, 0.717) is 27.2 Å². The van der Waals surface area contributed by atoms with Gasteiger partial charge in [0.05, 0.1) is 16.5 Å². The van der Waals surface area contributed by atoms with E-state index in [1.54, 1.807) is 42.5 Å². The Balaban J connectivity index is 1.73. The summed E-state index contributed by atoms with van der Waals surface area (Å²) in [4.78, 5) is 23.4. The van der Waals surface area contributed by atoms with E-state index in [9.17, 15) is 9.59 Å². The molecule has 0 atom stereocenters. The lowest BCUT2D eigenvalue weighted by atomic mass is 10.1. The number of nitrogens with one attached hydrogen (secondary N) is 1. The van der Waals surface area contributed by atoms with Gasteiger partial charge in [-0.25, -0.2) is 0 Å². The number of ether oxygens (including phenoxy) is 1. The highest BCUT2D eigenvalue weighted by atomic mass is 35.5. The average molecular weight is 387 g/mol. The van der Waals surface area contributed by atoms with Crippen LogP contribution in [0.3, 0.4) is 0 Å². The molecule has 2 aromatic rings. The molecular weight excluding hydrogens is 373 g/mol. The molecule has 0 aliphatic rings. The third-order valence-electron chi connectivity index (χ3n) is 3.10. The van der Waals surface area contributed by atoms with Crippen LogP contribution in [-0.4, -0.2) is 18.5 Å². The molecule has 0 fully saturated rings. The Hall–Kier alpha value is -1.75. The first-order chi connectivity index (χ1) is 11.4. The van der Waals surface area contributed by atoms with E-state index in [1.807, 2.05) is 0 Å². The Morgan fingerprint density at radius 2 is 1.58 bits per heavy atom. The number of hydrogen-bond donors (Lipinski definition) is 1. The molecule has 0 heterocycles. The smallest absolute Gasteiger partial charge is 0.310 e. The topological polar surface area (TPSA) is 55.4 Å². The standard InChI is InChI=1S/C17H14Cl3NO3/c18-13-4-1-11(2-5-13)9-21-16(22)10-24-17(23)8-12-3-6-14(19)15(20)7-12/h1-7H,8-10H2,(H,21,22). The average Bonchev–Trinajstić information content (AvgIpc) is 2.56. The van der Waals surface area contributed by atoms with Crippen LogP contribution in [-0.2, 0) is 27.3 Å². The van der Waals surface area contributed by atoms with Crippen molar-refractivity contribution >= 4 is 46.7 Å². The molecule has 0 aliphatic carbocycles. The first-order valence-corrected chi connectivity index (χ1v) is 8.18. The third kappa shape index (κ3) is 6.04. The molecule has 0 spiro atoms. The molecule has 0 radical (unpaired) electrons. The Kier molecular flexibility index (Phi) is 6.91. The number of esters is 1. The zero-order valence-electron chi connectivity index (χ0n) is 12.5. The predicted molar refractivity (Wildman–Crippen MR) is 94.4 cm³/mol. The van der Waals surface area contributed by atoms with Crippen LogP contribution in [0.1, 0.15) is 11.1 Å². The van der Waals surface area contributed by atoms with Crippen molar-refractivity contribution in [3.63, 3.8) is 0 Å². The molecule has 2 rings (SSSR count). The van der Waals surface area contributed by atoms with E-state index < -0.39 is 5.97 Å². The minimum atomic E-state index is -0.518. The van der Waals surface area contributed by atoms with E-state index in [4.69, 9.17) is 39.5 Å². The molecule has 4 nitrogen and oxygen atoms in total. The Morgan fingerprint density at radius 3 is 2.25 bits per heavy atom. The summed E-state index contributed by atoms with van der Waals surface area (Å²) in [6, 6.07) is 11.9. The zero-order valence-corrected chi connectivity index (χ0v) is 14.8. The van der Waals surface area contributed by atoms with Gasteiger partial charge in [0.15, 0.2) is 6.61 Å². The fraction of sp³-hybridized carbons (Fsp3) is 0.176. The summed E-state index contributed by atoms with van der Waals surface area (Å²) in [5.74, 6) is -0.900. The second-order valence-corrected chi connectivity index (χ2v) is 6.24. The van der Waals surface area contributed by atoms with Crippen LogP contribution in [0.5, 0.6) is 0 Å². The number of rotatable bonds is 6. The zero-order chi connectivity index (χ0) is 17.5. The van der Waals surface area contributed by atoms with Gasteiger partial charge in [-0.1, -0.05) is 53.0 Å². The van der Waals surface area contributed by atoms with Crippen LogP contribution in [0.25, 0.3) is 0 Å². The first-order valence-electron chi connectivity index (χ1n) is 7.05. The van der Waals surface area contributed by atoms with Gasteiger partial charge in [0.2, 0.25) is 0 Å². The highest BCUT2D eigenvalue weighted by Crippen LogP contribution is 2.22. The van der Waals surface area contributed by atoms with Gasteiger partial charge >= 0.3 is 5.97 Å². The lowest BCUT2D eigenvalue weighted by Crippen LogP contribution is -2.28. The maximum Gasteiger partial charge on any atom is 0.310 e. The first kappa shape index (κ1) is 18.6. The SMILES string of the molecule is O=C(COC(=O)Cc1ccc(Cl)c(Cl)c1)NCc1ccc(Cl)cc1. The van der Waals surface area contributed by atoms with Crippen molar-refractivity contribution in [3.8, 4) is 0 Å². The summed E-state index contributed by atoms with van der Waals surface area (Å²) >= 11 is 17.5. The highest BCUT2D eigenvalue weighted by Gasteiger charge is 2.10. The molecule has 0 saturated carbocycles. The van der Waals surface area contributed by atoms with E-state index in [1.165, 1.54) is 0 Å². The van der Waals surface area contributed by atoms with Crippen LogP contribution in [0.2, 0.25) is 15.1 Å². The summed E-state index contributed by atoms with van der Waals surface area (Å²) in [6.45, 7) is -0.00586. The summed E-state index contributed by atoms with van der Waals surface area (Å²) in [7, 11) is 0. The van der Waals surface area contributed by atoms with Gasteiger partial charge in [0.1, 0.15) is 0 Å². The number of hydrogen-bond acceptors (Lipinski definition) is 3. The number of halogens is 3. The van der Waals surface area contributed by atoms with E-state index >= 15 is 0 Å². The lowest BCUT2D eigenvalue weighted by molar-refractivity contribution is -0.147. The van der Waals surface area contributed by atoms with Gasteiger partial charge in [-0.3, -0.25) is 9.59 Å². The molecular formula is C17H14Cl3NO3. The van der Waals surface area contributed by atoms with Gasteiger partial charge in [0, 0.05) is 11.6 Å². The van der Waals surface area contributed by atoms with Crippen LogP contribution in [0, 0.1) is 0 Å². The second-order valence-electron chi connectivity index (χ2n) is 4.99. The minimum absolute atomic E-state index is 0.0152. The van der Waals surface area contributed by atoms with E-state index in [2.05, 4.69) is 5.32 Å². The molecule has 0 aromatic heterocycles. The largest absolute Gasteiger partial charge is 0.455 e. The normalized spacial score (nSPS) is 10.3. The predicted octanol–water partition coefficient (Wildman–Crippen LogP) is 4.05. The molecule has 126 valence electrons. The van der Waals surface area contributed by atoms with Crippen LogP contribution in [0.4, 0.5) is 0 Å². The van der Waals surface area contributed by atoms with Crippen LogP contribution in [0.15, 0.2) is 42.5 Å². The van der Waals surface area contributed by atoms with Crippen LogP contribution >= 0.6 is 34.8 Å². The van der Waals surface area contributed by atoms with Gasteiger partial charge in [-0.2, -0.15) is 0 Å². The van der Waals surface area contributed by atoms with Crippen molar-refractivity contribution in [2.75, 3.05) is 6.61 Å². The van der Waals surface area contributed by atoms with Crippen LogP contribution < -0.4 is 5.32 Å². The summed E-state index contributed by atoms with van der Waals surface area (Å²) < 4.78 is 4.94. The molecule has 2 aromatic carbocycles. The van der Waals surface area contributed by atoms with Gasteiger partial charge in [-0.05, 0) is 35.4 Å². The Morgan fingerprint density at radius 1 is 0.917 bits per heavy atom. The minimum Gasteiger partial charge on any atom is -0.455 e. The van der Waals surface area contributed by atoms with E-state index in [-0.39, 0.29) is 18.9 Å². The molecule has 1 amide bonds. The van der Waals surface area contributed by atoms with Crippen molar-refractivity contribution < 1.29 is 14.3 Å². The molecule has 0 bridgehead atoms. The summed E-state index contributed by atoms with van der Waals surface area (Å²) in [5, 5.41) is 4.06. The van der Waals surface area contributed by atoms with Crippen molar-refractivity contribution in [2.24, 2.45) is 0 Å². The quantitative estimate of drug-likeness (QED) is 0.762. The van der Waals surface area contributed by atoms with Gasteiger partial charge < -0.3 is 10.1 Å². The molecule has 0 aliphatic heterocycles. The molecule has 7 heteroatoms. The van der Waals surface area contributed by atoms with Crippen molar-refractivity contribution in [3.05, 3.63) is 68.7 Å². The number of amides is 1. The molecule has 1 N–H and O–H groups in total. The van der Waals surface area contributed by atoms with Crippen molar-refractivity contribution in [1.29, 1.82) is 0 Å². The number of carbonyl (C=O) groups is 2. The summed E-state index contributed by atoms with van der Waals surface area (Å²) in [5.41, 5.74) is 1.56. The lowest BCUT2D eigenvalue weighted by Gasteiger charge is -2.07. The fourth-order valence-electron chi connectivity index (χ4n) is 1.87. The maximum atomic E-state index is 11.7. The maximum absolute atomic E-state index is 11.7. The second kappa shape index (κ2) is 8.92. The molecule has 0 unspecified atom stereocenters. The Bertz CT molecular complexity index is 732. The van der Waals surface area contributed by atoms with Gasteiger partial charge in [0.25, 0.3) is 5.91 Å². The number of benzene rings is 2. The summed E-state index contributed by atoms with van der Waals surface area (Å²) in [6.07, 6.45) is 0.0152. The van der Waals surface area contributed by atoms with Gasteiger partial charge in [-0.15, -0.1) is 0 Å². The monoisotopic (exact) mass is 385 g/mol. The molecule has 0 saturated heterocycles. The Labute approximate surface area is 154 Å². The third-order valence-corrected chi connectivity index (χ3v) is 4.09. The van der Waals surface area contributed by atoms with E-state index in [0.717, 1.165) is 5.56 Å². The van der Waals surface area contributed by atoms with Crippen molar-refractivity contribution in [2.45, 2.75) is 13.0 Å².